The van der Waals surface area contributed by atoms with Gasteiger partial charge in [0.05, 0.1) is 25.2 Å². The van der Waals surface area contributed by atoms with E-state index in [9.17, 15) is 19.2 Å². The fourth-order valence-electron chi connectivity index (χ4n) is 5.64. The van der Waals surface area contributed by atoms with Gasteiger partial charge >= 0.3 is 5.97 Å². The molecule has 1 unspecified atom stereocenters. The lowest BCUT2D eigenvalue weighted by Crippen LogP contribution is -2.58. The largest absolute Gasteiger partial charge is 0.464 e. The number of amides is 3. The van der Waals surface area contributed by atoms with Crippen LogP contribution in [0.5, 0.6) is 0 Å². The Morgan fingerprint density at radius 2 is 1.57 bits per heavy atom. The predicted molar refractivity (Wildman–Crippen MR) is 149 cm³/mol. The molecule has 5 atom stereocenters. The van der Waals surface area contributed by atoms with Crippen LogP contribution >= 0.6 is 0 Å². The van der Waals surface area contributed by atoms with Gasteiger partial charge in [0.15, 0.2) is 0 Å². The number of esters is 1. The number of benzene rings is 2. The maximum absolute atomic E-state index is 14.1. The monoisotopic (exact) mass is 549 g/mol. The van der Waals surface area contributed by atoms with Crippen LogP contribution in [0.1, 0.15) is 56.2 Å². The number of fused-ring (bicyclic) bond motifs is 1. The zero-order valence-corrected chi connectivity index (χ0v) is 22.8. The zero-order valence-electron chi connectivity index (χ0n) is 22.8. The zero-order chi connectivity index (χ0) is 28.6. The number of ether oxygens (including phenoxy) is 1. The molecule has 0 bridgehead atoms. The van der Waals surface area contributed by atoms with Crippen molar-refractivity contribution in [2.45, 2.75) is 69.2 Å². The van der Waals surface area contributed by atoms with E-state index < -0.39 is 42.0 Å². The van der Waals surface area contributed by atoms with Gasteiger partial charge in [-0.15, -0.1) is 0 Å². The van der Waals surface area contributed by atoms with Gasteiger partial charge in [0.25, 0.3) is 0 Å². The van der Waals surface area contributed by atoms with E-state index in [1.165, 1.54) is 0 Å². The Morgan fingerprint density at radius 1 is 0.975 bits per heavy atom. The van der Waals surface area contributed by atoms with Crippen LogP contribution in [0.15, 0.2) is 60.7 Å². The lowest BCUT2D eigenvalue weighted by atomic mass is 9.93. The number of hydrogen-bond donors (Lipinski definition) is 4. The molecule has 2 saturated heterocycles. The molecule has 4 rings (SSSR count). The summed E-state index contributed by atoms with van der Waals surface area (Å²) < 4.78 is 5.28. The van der Waals surface area contributed by atoms with Crippen LogP contribution in [-0.4, -0.2) is 65.9 Å². The maximum atomic E-state index is 14.1. The SMILES string of the molecule is CC[C@H](N)C(=O)N[C@@H]1C(=O)N2[C@@H](CCC1COC(=O)CN)CC[C@H]2C(=O)NC(c1ccccc1)c1ccccc1. The minimum Gasteiger partial charge on any atom is -0.464 e. The van der Waals surface area contributed by atoms with Crippen LogP contribution in [0, 0.1) is 5.92 Å². The number of nitrogens with two attached hydrogens (primary N) is 2. The number of hydrogen-bond acceptors (Lipinski definition) is 7. The maximum Gasteiger partial charge on any atom is 0.319 e. The van der Waals surface area contributed by atoms with E-state index in [4.69, 9.17) is 16.2 Å². The van der Waals surface area contributed by atoms with Gasteiger partial charge in [-0.3, -0.25) is 19.2 Å². The van der Waals surface area contributed by atoms with E-state index in [-0.39, 0.29) is 31.0 Å². The Hall–Kier alpha value is -3.76. The summed E-state index contributed by atoms with van der Waals surface area (Å²) in [5.74, 6) is -2.12. The number of nitrogens with zero attached hydrogens (tertiary/aromatic N) is 1. The summed E-state index contributed by atoms with van der Waals surface area (Å²) in [4.78, 5) is 54.1. The molecule has 2 aromatic rings. The van der Waals surface area contributed by atoms with Crippen molar-refractivity contribution in [1.29, 1.82) is 0 Å². The first-order valence-corrected chi connectivity index (χ1v) is 14.0. The number of carbonyl (C=O) groups is 4. The molecule has 0 aromatic heterocycles. The highest BCUT2D eigenvalue weighted by atomic mass is 16.5. The first-order chi connectivity index (χ1) is 19.3. The smallest absolute Gasteiger partial charge is 0.319 e. The number of nitrogens with one attached hydrogen (secondary N) is 2. The molecule has 2 aliphatic rings. The predicted octanol–water partition coefficient (Wildman–Crippen LogP) is 1.39. The van der Waals surface area contributed by atoms with Gasteiger partial charge in [0.2, 0.25) is 17.7 Å². The van der Waals surface area contributed by atoms with Crippen LogP contribution in [-0.2, 0) is 23.9 Å². The van der Waals surface area contributed by atoms with Gasteiger partial charge < -0.3 is 31.7 Å². The van der Waals surface area contributed by atoms with Crippen molar-refractivity contribution in [3.05, 3.63) is 71.8 Å². The van der Waals surface area contributed by atoms with Crippen LogP contribution in [0.4, 0.5) is 0 Å². The molecule has 0 spiro atoms. The Labute approximate surface area is 234 Å². The van der Waals surface area contributed by atoms with Gasteiger partial charge in [-0.05, 0) is 43.2 Å². The van der Waals surface area contributed by atoms with Crippen molar-refractivity contribution >= 4 is 23.7 Å². The van der Waals surface area contributed by atoms with Crippen LogP contribution in [0.25, 0.3) is 0 Å². The minimum absolute atomic E-state index is 0.0599. The molecule has 214 valence electrons. The minimum atomic E-state index is -0.979. The summed E-state index contributed by atoms with van der Waals surface area (Å²) >= 11 is 0. The van der Waals surface area contributed by atoms with Gasteiger partial charge in [-0.1, -0.05) is 67.6 Å². The molecule has 3 amide bonds. The Balaban J connectivity index is 1.59. The third-order valence-corrected chi connectivity index (χ3v) is 7.92. The van der Waals surface area contributed by atoms with Gasteiger partial charge in [-0.2, -0.15) is 0 Å². The van der Waals surface area contributed by atoms with Crippen LogP contribution in [0.3, 0.4) is 0 Å². The van der Waals surface area contributed by atoms with E-state index in [1.54, 1.807) is 11.8 Å². The van der Waals surface area contributed by atoms with Crippen molar-refractivity contribution in [2.75, 3.05) is 13.2 Å². The van der Waals surface area contributed by atoms with Crippen molar-refractivity contribution in [3.63, 3.8) is 0 Å². The summed E-state index contributed by atoms with van der Waals surface area (Å²) in [6, 6.07) is 16.4. The Bertz CT molecular complexity index is 1140. The highest BCUT2D eigenvalue weighted by molar-refractivity contribution is 5.94. The molecule has 40 heavy (non-hydrogen) atoms. The normalized spacial score (nSPS) is 23.2. The molecular weight excluding hydrogens is 510 g/mol. The topological polar surface area (TPSA) is 157 Å². The summed E-state index contributed by atoms with van der Waals surface area (Å²) in [7, 11) is 0. The molecule has 2 aromatic carbocycles. The summed E-state index contributed by atoms with van der Waals surface area (Å²) in [6.07, 6.45) is 2.73. The Morgan fingerprint density at radius 3 is 2.15 bits per heavy atom. The molecule has 2 fully saturated rings. The molecule has 2 heterocycles. The number of carbonyl (C=O) groups excluding carboxylic acids is 4. The fraction of sp³-hybridized carbons (Fsp3) is 0.467. The van der Waals surface area contributed by atoms with Gasteiger partial charge in [0, 0.05) is 12.0 Å². The second kappa shape index (κ2) is 13.5. The molecular formula is C30H39N5O5. The standard InChI is InChI=1S/C30H39N5O5/c1-2-23(32)28(37)34-27-21(18-40-25(36)17-31)13-14-22-15-16-24(35(22)30(27)39)29(38)33-26(19-9-5-3-6-10-19)20-11-7-4-8-12-20/h3-12,21-24,26-27H,2,13-18,31-32H2,1H3,(H,33,38)(H,34,37)/t21?,22-,23-,24-,27-/m0/s1. The lowest BCUT2D eigenvalue weighted by Gasteiger charge is -2.33. The van der Waals surface area contributed by atoms with Gasteiger partial charge in [0.1, 0.15) is 12.1 Å². The summed E-state index contributed by atoms with van der Waals surface area (Å²) in [5.41, 5.74) is 13.2. The molecule has 0 saturated carbocycles. The van der Waals surface area contributed by atoms with E-state index in [0.717, 1.165) is 11.1 Å². The molecule has 6 N–H and O–H groups in total. The summed E-state index contributed by atoms with van der Waals surface area (Å²) in [5, 5.41) is 5.99. The average Bonchev–Trinajstić information content (AvgIpc) is 3.37. The highest BCUT2D eigenvalue weighted by Crippen LogP contribution is 2.35. The van der Waals surface area contributed by atoms with Crippen molar-refractivity contribution in [1.82, 2.24) is 15.5 Å². The fourth-order valence-corrected chi connectivity index (χ4v) is 5.64. The van der Waals surface area contributed by atoms with Crippen LogP contribution in [0.2, 0.25) is 0 Å². The van der Waals surface area contributed by atoms with Crippen molar-refractivity contribution < 1.29 is 23.9 Å². The summed E-state index contributed by atoms with van der Waals surface area (Å²) in [6.45, 7) is 1.45. The third-order valence-electron chi connectivity index (χ3n) is 7.92. The number of rotatable bonds is 10. The second-order valence-electron chi connectivity index (χ2n) is 10.5. The van der Waals surface area contributed by atoms with Crippen molar-refractivity contribution in [2.24, 2.45) is 17.4 Å². The van der Waals surface area contributed by atoms with E-state index in [0.29, 0.717) is 32.1 Å². The lowest BCUT2D eigenvalue weighted by molar-refractivity contribution is -0.147. The first kappa shape index (κ1) is 29.2. The quantitative estimate of drug-likeness (QED) is 0.326. The van der Waals surface area contributed by atoms with E-state index in [1.807, 2.05) is 60.7 Å². The molecule has 0 aliphatic carbocycles. The Kier molecular flexibility index (Phi) is 9.89. The average molecular weight is 550 g/mol. The van der Waals surface area contributed by atoms with Crippen LogP contribution < -0.4 is 22.1 Å². The van der Waals surface area contributed by atoms with Gasteiger partial charge in [-0.25, -0.2) is 0 Å². The highest BCUT2D eigenvalue weighted by Gasteiger charge is 2.48. The molecule has 0 radical (unpaired) electrons. The molecule has 10 nitrogen and oxygen atoms in total. The van der Waals surface area contributed by atoms with E-state index in [2.05, 4.69) is 10.6 Å². The molecule has 10 heteroatoms. The first-order valence-electron chi connectivity index (χ1n) is 14.0. The second-order valence-corrected chi connectivity index (χ2v) is 10.5. The third kappa shape index (κ3) is 6.68. The van der Waals surface area contributed by atoms with Crippen molar-refractivity contribution in [3.8, 4) is 0 Å². The molecule has 2 aliphatic heterocycles. The van der Waals surface area contributed by atoms with E-state index >= 15 is 0 Å².